The third-order valence-electron chi connectivity index (χ3n) is 3.58. The molecule has 108 valence electrons. The molecule has 0 heterocycles. The zero-order valence-corrected chi connectivity index (χ0v) is 12.3. The second-order valence-corrected chi connectivity index (χ2v) is 5.11. The van der Waals surface area contributed by atoms with E-state index in [0.29, 0.717) is 18.8 Å². The summed E-state index contributed by atoms with van der Waals surface area (Å²) < 4.78 is 5.09. The molecule has 0 atom stereocenters. The van der Waals surface area contributed by atoms with E-state index in [1.54, 1.807) is 6.07 Å². The Morgan fingerprint density at radius 3 is 2.42 bits per heavy atom. The van der Waals surface area contributed by atoms with Gasteiger partial charge in [-0.1, -0.05) is 19.9 Å². The van der Waals surface area contributed by atoms with E-state index in [-0.39, 0.29) is 5.75 Å². The van der Waals surface area contributed by atoms with Crippen LogP contribution >= 0.6 is 0 Å². The van der Waals surface area contributed by atoms with Crippen molar-refractivity contribution in [1.29, 1.82) is 0 Å². The lowest BCUT2D eigenvalue weighted by Crippen LogP contribution is -2.40. The number of nitrogens with zero attached hydrogens (tertiary/aromatic N) is 1. The largest absolute Gasteiger partial charge is 0.504 e. The van der Waals surface area contributed by atoms with Crippen LogP contribution in [0.3, 0.4) is 0 Å². The molecule has 0 unspecified atom stereocenters. The molecule has 4 heteroatoms. The van der Waals surface area contributed by atoms with Crippen LogP contribution in [0.5, 0.6) is 11.5 Å². The minimum atomic E-state index is -0.629. The van der Waals surface area contributed by atoms with Crippen molar-refractivity contribution in [2.24, 2.45) is 0 Å². The predicted molar refractivity (Wildman–Crippen MR) is 76.5 cm³/mol. The van der Waals surface area contributed by atoms with E-state index in [1.165, 1.54) is 7.11 Å². The molecule has 0 aliphatic heterocycles. The molecule has 2 N–H and O–H groups in total. The SMILES string of the molecule is CCC(O)(CC)CN(C)Cc1ccc(O)c(OC)c1. The summed E-state index contributed by atoms with van der Waals surface area (Å²) in [6.07, 6.45) is 1.49. The maximum absolute atomic E-state index is 10.3. The number of hydrogen-bond donors (Lipinski definition) is 2. The van der Waals surface area contributed by atoms with Crippen LogP contribution in [0.2, 0.25) is 0 Å². The molecule has 1 rings (SSSR count). The second-order valence-electron chi connectivity index (χ2n) is 5.11. The lowest BCUT2D eigenvalue weighted by Gasteiger charge is -2.30. The van der Waals surface area contributed by atoms with Gasteiger partial charge in [0.05, 0.1) is 12.7 Å². The van der Waals surface area contributed by atoms with Gasteiger partial charge in [0.1, 0.15) is 0 Å². The van der Waals surface area contributed by atoms with Crippen LogP contribution in [0.1, 0.15) is 32.3 Å². The van der Waals surface area contributed by atoms with Gasteiger partial charge in [-0.3, -0.25) is 4.90 Å². The number of benzene rings is 1. The highest BCUT2D eigenvalue weighted by molar-refractivity contribution is 5.41. The molecule has 1 aromatic carbocycles. The number of phenols is 1. The number of phenolic OH excluding ortho intramolecular Hbond substituents is 1. The monoisotopic (exact) mass is 267 g/mol. The highest BCUT2D eigenvalue weighted by atomic mass is 16.5. The van der Waals surface area contributed by atoms with Gasteiger partial charge in [0.2, 0.25) is 0 Å². The van der Waals surface area contributed by atoms with Crippen LogP contribution in [0.15, 0.2) is 18.2 Å². The zero-order chi connectivity index (χ0) is 14.5. The fraction of sp³-hybridized carbons (Fsp3) is 0.600. The first-order valence-corrected chi connectivity index (χ1v) is 6.71. The van der Waals surface area contributed by atoms with Gasteiger partial charge in [0.15, 0.2) is 11.5 Å². The number of aromatic hydroxyl groups is 1. The van der Waals surface area contributed by atoms with Crippen LogP contribution in [0.4, 0.5) is 0 Å². The minimum Gasteiger partial charge on any atom is -0.504 e. The fourth-order valence-electron chi connectivity index (χ4n) is 2.16. The summed E-state index contributed by atoms with van der Waals surface area (Å²) in [4.78, 5) is 2.08. The highest BCUT2D eigenvalue weighted by Crippen LogP contribution is 2.27. The normalized spacial score (nSPS) is 11.9. The number of ether oxygens (including phenoxy) is 1. The molecule has 0 spiro atoms. The average Bonchev–Trinajstić information content (AvgIpc) is 2.40. The summed E-state index contributed by atoms with van der Waals surface area (Å²) in [7, 11) is 3.52. The van der Waals surface area contributed by atoms with E-state index in [2.05, 4.69) is 4.90 Å². The Labute approximate surface area is 115 Å². The molecule has 1 aromatic rings. The van der Waals surface area contributed by atoms with Crippen molar-refractivity contribution < 1.29 is 14.9 Å². The Hall–Kier alpha value is -1.26. The van der Waals surface area contributed by atoms with Gasteiger partial charge < -0.3 is 14.9 Å². The number of methoxy groups -OCH3 is 1. The molecule has 0 saturated heterocycles. The molecule has 0 bridgehead atoms. The fourth-order valence-corrected chi connectivity index (χ4v) is 2.16. The van der Waals surface area contributed by atoms with Gasteiger partial charge in [0, 0.05) is 13.1 Å². The molecule has 19 heavy (non-hydrogen) atoms. The first kappa shape index (κ1) is 15.8. The Balaban J connectivity index is 2.69. The van der Waals surface area contributed by atoms with Crippen molar-refractivity contribution >= 4 is 0 Å². The van der Waals surface area contributed by atoms with Crippen LogP contribution in [0.25, 0.3) is 0 Å². The molecule has 0 saturated carbocycles. The second kappa shape index (κ2) is 6.78. The Morgan fingerprint density at radius 2 is 1.89 bits per heavy atom. The Morgan fingerprint density at radius 1 is 1.26 bits per heavy atom. The Bertz CT molecular complexity index is 402. The lowest BCUT2D eigenvalue weighted by molar-refractivity contribution is 0.00129. The maximum atomic E-state index is 10.3. The molecule has 0 aromatic heterocycles. The molecular weight excluding hydrogens is 242 g/mol. The zero-order valence-electron chi connectivity index (χ0n) is 12.3. The third-order valence-corrected chi connectivity index (χ3v) is 3.58. The summed E-state index contributed by atoms with van der Waals surface area (Å²) in [6.45, 7) is 5.34. The van der Waals surface area contributed by atoms with Gasteiger partial charge in [-0.15, -0.1) is 0 Å². The van der Waals surface area contributed by atoms with Crippen LogP contribution < -0.4 is 4.74 Å². The number of aliphatic hydroxyl groups is 1. The average molecular weight is 267 g/mol. The van der Waals surface area contributed by atoms with Gasteiger partial charge in [-0.2, -0.15) is 0 Å². The topological polar surface area (TPSA) is 52.9 Å². The van der Waals surface area contributed by atoms with Gasteiger partial charge in [-0.25, -0.2) is 0 Å². The summed E-state index contributed by atoms with van der Waals surface area (Å²) >= 11 is 0. The summed E-state index contributed by atoms with van der Waals surface area (Å²) in [5.74, 6) is 0.625. The number of rotatable bonds is 7. The predicted octanol–water partition coefficient (Wildman–Crippen LogP) is 2.38. The van der Waals surface area contributed by atoms with Gasteiger partial charge in [-0.05, 0) is 37.6 Å². The summed E-state index contributed by atoms with van der Waals surface area (Å²) in [5.41, 5.74) is 0.419. The quantitative estimate of drug-likeness (QED) is 0.796. The van der Waals surface area contributed by atoms with E-state index in [1.807, 2.05) is 33.0 Å². The van der Waals surface area contributed by atoms with E-state index < -0.39 is 5.60 Å². The van der Waals surface area contributed by atoms with Gasteiger partial charge >= 0.3 is 0 Å². The maximum Gasteiger partial charge on any atom is 0.160 e. The summed E-state index contributed by atoms with van der Waals surface area (Å²) in [6, 6.07) is 5.32. The lowest BCUT2D eigenvalue weighted by atomic mass is 9.97. The van der Waals surface area contributed by atoms with E-state index in [0.717, 1.165) is 18.4 Å². The molecule has 0 radical (unpaired) electrons. The van der Waals surface area contributed by atoms with Crippen molar-refractivity contribution in [2.75, 3.05) is 20.7 Å². The standard InChI is InChI=1S/C15H25NO3/c1-5-15(18,6-2)11-16(3)10-12-7-8-13(17)14(9-12)19-4/h7-9,17-18H,5-6,10-11H2,1-4H3. The first-order chi connectivity index (χ1) is 8.94. The third kappa shape index (κ3) is 4.40. The Kier molecular flexibility index (Phi) is 5.63. The van der Waals surface area contributed by atoms with E-state index in [9.17, 15) is 10.2 Å². The highest BCUT2D eigenvalue weighted by Gasteiger charge is 2.24. The van der Waals surface area contributed by atoms with Crippen LogP contribution in [-0.4, -0.2) is 41.4 Å². The molecule has 0 aliphatic carbocycles. The van der Waals surface area contributed by atoms with E-state index >= 15 is 0 Å². The molecule has 0 amide bonds. The smallest absolute Gasteiger partial charge is 0.160 e. The number of hydrogen-bond acceptors (Lipinski definition) is 4. The van der Waals surface area contributed by atoms with Crippen molar-refractivity contribution in [2.45, 2.75) is 38.8 Å². The molecule has 0 fully saturated rings. The van der Waals surface area contributed by atoms with Gasteiger partial charge in [0.25, 0.3) is 0 Å². The van der Waals surface area contributed by atoms with Crippen LogP contribution in [0, 0.1) is 0 Å². The van der Waals surface area contributed by atoms with Crippen molar-refractivity contribution in [3.05, 3.63) is 23.8 Å². The first-order valence-electron chi connectivity index (χ1n) is 6.71. The number of likely N-dealkylation sites (N-methyl/N-ethyl adjacent to an activating group) is 1. The minimum absolute atomic E-state index is 0.146. The summed E-state index contributed by atoms with van der Waals surface area (Å²) in [5, 5.41) is 19.9. The van der Waals surface area contributed by atoms with Crippen LogP contribution in [-0.2, 0) is 6.54 Å². The van der Waals surface area contributed by atoms with Crippen molar-refractivity contribution in [1.82, 2.24) is 4.90 Å². The van der Waals surface area contributed by atoms with E-state index in [4.69, 9.17) is 4.74 Å². The molecule has 4 nitrogen and oxygen atoms in total. The molecule has 0 aliphatic rings. The van der Waals surface area contributed by atoms with Crippen molar-refractivity contribution in [3.8, 4) is 11.5 Å². The molecular formula is C15H25NO3. The van der Waals surface area contributed by atoms with Crippen molar-refractivity contribution in [3.63, 3.8) is 0 Å².